The standard InChI is InChI=1S/C30H31N3O3/c1-4-35-29(34)26-27(21-10-6-5-7-11-21)32-30-31-24-12-8-9-13-25(24)33(30)28(26)22-14-16-23(17-15-22)36-19-18-20(2)3/h5-17,20,28H,4,18-19H2,1-3H3,(H,31,32)/t28-/m1/s1. The third-order valence-corrected chi connectivity index (χ3v) is 6.35. The first kappa shape index (κ1) is 23.7. The maximum Gasteiger partial charge on any atom is 0.338 e. The van der Waals surface area contributed by atoms with Gasteiger partial charge in [-0.2, -0.15) is 0 Å². The van der Waals surface area contributed by atoms with Crippen LogP contribution in [0.15, 0.2) is 84.4 Å². The van der Waals surface area contributed by atoms with Crippen molar-refractivity contribution in [3.63, 3.8) is 0 Å². The number of hydrogen-bond acceptors (Lipinski definition) is 5. The Morgan fingerprint density at radius 1 is 1.00 bits per heavy atom. The van der Waals surface area contributed by atoms with Gasteiger partial charge in [-0.25, -0.2) is 9.78 Å². The number of rotatable bonds is 8. The van der Waals surface area contributed by atoms with Crippen LogP contribution in [0, 0.1) is 5.92 Å². The molecular weight excluding hydrogens is 450 g/mol. The number of hydrogen-bond donors (Lipinski definition) is 1. The summed E-state index contributed by atoms with van der Waals surface area (Å²) in [6.07, 6.45) is 0.997. The van der Waals surface area contributed by atoms with Crippen molar-refractivity contribution in [3.05, 3.63) is 95.6 Å². The van der Waals surface area contributed by atoms with Crippen molar-refractivity contribution in [2.24, 2.45) is 5.92 Å². The molecule has 0 aliphatic carbocycles. The number of esters is 1. The van der Waals surface area contributed by atoms with Gasteiger partial charge in [0.15, 0.2) is 0 Å². The molecule has 6 nitrogen and oxygen atoms in total. The number of nitrogens with one attached hydrogen (secondary N) is 1. The first-order valence-electron chi connectivity index (χ1n) is 12.5. The maximum absolute atomic E-state index is 13.5. The van der Waals surface area contributed by atoms with E-state index in [0.717, 1.165) is 34.3 Å². The summed E-state index contributed by atoms with van der Waals surface area (Å²) in [5.41, 5.74) is 4.91. The van der Waals surface area contributed by atoms with E-state index in [1.165, 1.54) is 0 Å². The second-order valence-corrected chi connectivity index (χ2v) is 9.30. The lowest BCUT2D eigenvalue weighted by Crippen LogP contribution is -2.29. The van der Waals surface area contributed by atoms with Crippen LogP contribution in [0.4, 0.5) is 5.95 Å². The van der Waals surface area contributed by atoms with E-state index in [-0.39, 0.29) is 12.6 Å². The summed E-state index contributed by atoms with van der Waals surface area (Å²) in [7, 11) is 0. The summed E-state index contributed by atoms with van der Waals surface area (Å²) in [6.45, 7) is 7.16. The molecule has 5 rings (SSSR count). The van der Waals surface area contributed by atoms with Crippen LogP contribution in [-0.2, 0) is 9.53 Å². The lowest BCUT2D eigenvalue weighted by atomic mass is 9.92. The number of aromatic nitrogens is 2. The van der Waals surface area contributed by atoms with Crippen LogP contribution in [0.2, 0.25) is 0 Å². The van der Waals surface area contributed by atoms with Gasteiger partial charge in [0.2, 0.25) is 5.95 Å². The number of ether oxygens (including phenoxy) is 2. The molecule has 1 aliphatic rings. The molecule has 0 spiro atoms. The van der Waals surface area contributed by atoms with E-state index < -0.39 is 6.04 Å². The van der Waals surface area contributed by atoms with Crippen molar-refractivity contribution in [2.75, 3.05) is 18.5 Å². The van der Waals surface area contributed by atoms with Crippen LogP contribution in [-0.4, -0.2) is 28.7 Å². The number of benzene rings is 3. The van der Waals surface area contributed by atoms with Gasteiger partial charge >= 0.3 is 5.97 Å². The van der Waals surface area contributed by atoms with E-state index in [9.17, 15) is 4.79 Å². The Morgan fingerprint density at radius 3 is 2.44 bits per heavy atom. The molecule has 1 aromatic heterocycles. The zero-order chi connectivity index (χ0) is 25.1. The normalized spacial score (nSPS) is 15.1. The number of carbonyl (C=O) groups is 1. The molecule has 2 heterocycles. The van der Waals surface area contributed by atoms with Gasteiger partial charge < -0.3 is 14.8 Å². The average molecular weight is 482 g/mol. The number of fused-ring (bicyclic) bond motifs is 3. The van der Waals surface area contributed by atoms with E-state index in [1.54, 1.807) is 0 Å². The summed E-state index contributed by atoms with van der Waals surface area (Å²) >= 11 is 0. The predicted octanol–water partition coefficient (Wildman–Crippen LogP) is 6.45. The van der Waals surface area contributed by atoms with Crippen LogP contribution in [0.3, 0.4) is 0 Å². The Labute approximate surface area is 211 Å². The van der Waals surface area contributed by atoms with Gasteiger partial charge in [-0.3, -0.25) is 4.57 Å². The number of nitrogens with zero attached hydrogens (tertiary/aromatic N) is 2. The van der Waals surface area contributed by atoms with Crippen molar-refractivity contribution in [1.82, 2.24) is 9.55 Å². The molecule has 0 unspecified atom stereocenters. The molecule has 1 atom stereocenters. The number of para-hydroxylation sites is 2. The molecule has 0 saturated heterocycles. The van der Waals surface area contributed by atoms with Crippen LogP contribution in [0.1, 0.15) is 44.4 Å². The lowest BCUT2D eigenvalue weighted by molar-refractivity contribution is -0.138. The molecule has 0 radical (unpaired) electrons. The van der Waals surface area contributed by atoms with Crippen molar-refractivity contribution < 1.29 is 14.3 Å². The molecule has 6 heteroatoms. The highest BCUT2D eigenvalue weighted by atomic mass is 16.5. The Morgan fingerprint density at radius 2 is 1.72 bits per heavy atom. The molecule has 0 fully saturated rings. The Kier molecular flexibility index (Phi) is 6.76. The smallest absolute Gasteiger partial charge is 0.338 e. The molecule has 1 N–H and O–H groups in total. The largest absolute Gasteiger partial charge is 0.494 e. The molecule has 1 aliphatic heterocycles. The fourth-order valence-electron chi connectivity index (χ4n) is 4.57. The third kappa shape index (κ3) is 4.59. The van der Waals surface area contributed by atoms with Gasteiger partial charge in [-0.1, -0.05) is 68.4 Å². The molecule has 0 saturated carbocycles. The average Bonchev–Trinajstić information content (AvgIpc) is 3.27. The van der Waals surface area contributed by atoms with Gasteiger partial charge in [-0.05, 0) is 54.7 Å². The highest BCUT2D eigenvalue weighted by Gasteiger charge is 2.36. The van der Waals surface area contributed by atoms with Crippen molar-refractivity contribution in [2.45, 2.75) is 33.2 Å². The summed E-state index contributed by atoms with van der Waals surface area (Å²) in [6, 6.07) is 25.4. The minimum absolute atomic E-state index is 0.289. The summed E-state index contributed by atoms with van der Waals surface area (Å²) < 4.78 is 13.6. The zero-order valence-electron chi connectivity index (χ0n) is 20.9. The molecule has 184 valence electrons. The first-order chi connectivity index (χ1) is 17.6. The van der Waals surface area contributed by atoms with Crippen LogP contribution < -0.4 is 10.1 Å². The highest BCUT2D eigenvalue weighted by molar-refractivity contribution is 6.03. The first-order valence-corrected chi connectivity index (χ1v) is 12.5. The van der Waals surface area contributed by atoms with E-state index in [2.05, 4.69) is 23.7 Å². The Hall–Kier alpha value is -4.06. The van der Waals surface area contributed by atoms with Gasteiger partial charge in [0.1, 0.15) is 5.75 Å². The topological polar surface area (TPSA) is 65.4 Å². The lowest BCUT2D eigenvalue weighted by Gasteiger charge is -2.31. The SMILES string of the molecule is CCOC(=O)C1=C(c2ccccc2)Nc2nc3ccccc3n2[C@@H]1c1ccc(OCCC(C)C)cc1. The zero-order valence-corrected chi connectivity index (χ0v) is 20.9. The fraction of sp³-hybridized carbons (Fsp3) is 0.267. The summed E-state index contributed by atoms with van der Waals surface area (Å²) in [5, 5.41) is 3.45. The monoisotopic (exact) mass is 481 g/mol. The van der Waals surface area contributed by atoms with Gasteiger partial charge in [0.25, 0.3) is 0 Å². The van der Waals surface area contributed by atoms with Gasteiger partial charge in [0.05, 0.1) is 41.6 Å². The van der Waals surface area contributed by atoms with Crippen molar-refractivity contribution in [1.29, 1.82) is 0 Å². The minimum atomic E-state index is -0.423. The van der Waals surface area contributed by atoms with Crippen molar-refractivity contribution >= 4 is 28.6 Å². The Bertz CT molecular complexity index is 1390. The molecule has 0 bridgehead atoms. The summed E-state index contributed by atoms with van der Waals surface area (Å²) in [4.78, 5) is 18.4. The molecule has 0 amide bonds. The van der Waals surface area contributed by atoms with Crippen molar-refractivity contribution in [3.8, 4) is 5.75 Å². The minimum Gasteiger partial charge on any atom is -0.494 e. The van der Waals surface area contributed by atoms with E-state index >= 15 is 0 Å². The maximum atomic E-state index is 13.5. The van der Waals surface area contributed by atoms with Crippen LogP contribution in [0.5, 0.6) is 5.75 Å². The number of imidazole rings is 1. The third-order valence-electron chi connectivity index (χ3n) is 6.35. The molecule has 4 aromatic rings. The quantitative estimate of drug-likeness (QED) is 0.293. The van der Waals surface area contributed by atoms with Crippen LogP contribution >= 0.6 is 0 Å². The number of carbonyl (C=O) groups excluding carboxylic acids is 1. The molecular formula is C30H31N3O3. The van der Waals surface area contributed by atoms with Crippen LogP contribution in [0.25, 0.3) is 16.7 Å². The van der Waals surface area contributed by atoms with E-state index in [0.29, 0.717) is 29.7 Å². The second-order valence-electron chi connectivity index (χ2n) is 9.30. The Balaban J connectivity index is 1.66. The second kappa shape index (κ2) is 10.3. The number of anilines is 1. The predicted molar refractivity (Wildman–Crippen MR) is 143 cm³/mol. The summed E-state index contributed by atoms with van der Waals surface area (Å²) in [5.74, 6) is 1.73. The van der Waals surface area contributed by atoms with E-state index in [4.69, 9.17) is 14.5 Å². The van der Waals surface area contributed by atoms with E-state index in [1.807, 2.05) is 85.8 Å². The fourth-order valence-corrected chi connectivity index (χ4v) is 4.57. The van der Waals surface area contributed by atoms with Gasteiger partial charge in [-0.15, -0.1) is 0 Å². The van der Waals surface area contributed by atoms with Gasteiger partial charge in [0, 0.05) is 0 Å². The highest BCUT2D eigenvalue weighted by Crippen LogP contribution is 2.42. The molecule has 36 heavy (non-hydrogen) atoms. The molecule has 3 aromatic carbocycles.